The Morgan fingerprint density at radius 1 is 1.24 bits per heavy atom. The van der Waals surface area contributed by atoms with Crippen molar-refractivity contribution in [1.82, 2.24) is 0 Å². The fraction of sp³-hybridized carbons (Fsp3) is 0.250. The highest BCUT2D eigenvalue weighted by Crippen LogP contribution is 2.31. The molecule has 0 saturated carbocycles. The number of aliphatic hydroxyl groups excluding tert-OH is 1. The number of hydrogen-bond donors (Lipinski definition) is 1. The molecule has 0 aliphatic rings. The summed E-state index contributed by atoms with van der Waals surface area (Å²) in [6.07, 6.45) is -1.23. The summed E-state index contributed by atoms with van der Waals surface area (Å²) in [4.78, 5) is 0. The van der Waals surface area contributed by atoms with Gasteiger partial charge in [0.05, 0.1) is 17.7 Å². The van der Waals surface area contributed by atoms with Crippen LogP contribution in [-0.2, 0) is 6.42 Å². The summed E-state index contributed by atoms with van der Waals surface area (Å²) in [5.41, 5.74) is 1.29. The number of halogens is 3. The molecular weight excluding hydrogens is 342 g/mol. The van der Waals surface area contributed by atoms with E-state index < -0.39 is 17.7 Å². The van der Waals surface area contributed by atoms with Gasteiger partial charge in [-0.05, 0) is 47.1 Å². The zero-order valence-corrected chi connectivity index (χ0v) is 13.2. The van der Waals surface area contributed by atoms with Gasteiger partial charge in [-0.2, -0.15) is 0 Å². The van der Waals surface area contributed by atoms with Gasteiger partial charge in [0.15, 0.2) is 0 Å². The van der Waals surface area contributed by atoms with Gasteiger partial charge in [-0.25, -0.2) is 8.78 Å². The number of methoxy groups -OCH3 is 1. The Hall–Kier alpha value is -1.46. The molecule has 0 saturated heterocycles. The second-order valence-electron chi connectivity index (χ2n) is 4.79. The molecule has 2 nitrogen and oxygen atoms in total. The third-order valence-corrected chi connectivity index (χ3v) is 3.89. The van der Waals surface area contributed by atoms with E-state index in [1.54, 1.807) is 12.1 Å². The summed E-state index contributed by atoms with van der Waals surface area (Å²) < 4.78 is 33.1. The van der Waals surface area contributed by atoms with E-state index in [9.17, 15) is 13.9 Å². The lowest BCUT2D eigenvalue weighted by Gasteiger charge is -2.16. The Morgan fingerprint density at radius 3 is 2.62 bits per heavy atom. The Morgan fingerprint density at radius 2 is 1.95 bits per heavy atom. The van der Waals surface area contributed by atoms with Crippen LogP contribution in [0.15, 0.2) is 34.8 Å². The molecule has 0 aromatic heterocycles. The van der Waals surface area contributed by atoms with Gasteiger partial charge in [0.2, 0.25) is 0 Å². The molecule has 21 heavy (non-hydrogen) atoms. The van der Waals surface area contributed by atoms with Gasteiger partial charge in [-0.15, -0.1) is 0 Å². The molecule has 112 valence electrons. The van der Waals surface area contributed by atoms with Crippen LogP contribution in [0, 0.1) is 18.6 Å². The van der Waals surface area contributed by atoms with E-state index in [0.717, 1.165) is 5.56 Å². The van der Waals surface area contributed by atoms with Crippen molar-refractivity contribution < 1.29 is 18.6 Å². The summed E-state index contributed by atoms with van der Waals surface area (Å²) >= 11 is 3.02. The molecular formula is C16H15BrF2O2. The van der Waals surface area contributed by atoms with E-state index in [1.807, 2.05) is 13.0 Å². The van der Waals surface area contributed by atoms with Crippen LogP contribution < -0.4 is 4.74 Å². The van der Waals surface area contributed by atoms with Crippen LogP contribution in [0.2, 0.25) is 0 Å². The van der Waals surface area contributed by atoms with Crippen molar-refractivity contribution in [3.63, 3.8) is 0 Å². The average molecular weight is 357 g/mol. The molecule has 0 fully saturated rings. The van der Waals surface area contributed by atoms with E-state index in [0.29, 0.717) is 11.3 Å². The lowest BCUT2D eigenvalue weighted by atomic mass is 9.98. The maximum atomic E-state index is 14.0. The van der Waals surface area contributed by atoms with Crippen LogP contribution in [0.5, 0.6) is 5.75 Å². The van der Waals surface area contributed by atoms with E-state index >= 15 is 0 Å². The van der Waals surface area contributed by atoms with Gasteiger partial charge < -0.3 is 9.84 Å². The van der Waals surface area contributed by atoms with Gasteiger partial charge in [-0.1, -0.05) is 11.6 Å². The predicted molar refractivity (Wildman–Crippen MR) is 80.5 cm³/mol. The zero-order valence-electron chi connectivity index (χ0n) is 11.7. The first-order chi connectivity index (χ1) is 9.93. The van der Waals surface area contributed by atoms with E-state index in [1.165, 1.54) is 19.2 Å². The molecule has 1 unspecified atom stereocenters. The number of aliphatic hydroxyl groups is 1. The lowest BCUT2D eigenvalue weighted by Crippen LogP contribution is -2.08. The maximum Gasteiger partial charge on any atom is 0.143 e. The van der Waals surface area contributed by atoms with Crippen LogP contribution in [0.3, 0.4) is 0 Å². The van der Waals surface area contributed by atoms with Crippen molar-refractivity contribution in [1.29, 1.82) is 0 Å². The minimum Gasteiger partial charge on any atom is -0.496 e. The van der Waals surface area contributed by atoms with Crippen molar-refractivity contribution in [2.75, 3.05) is 7.11 Å². The Kier molecular flexibility index (Phi) is 4.96. The number of aryl methyl sites for hydroxylation is 1. The van der Waals surface area contributed by atoms with Crippen LogP contribution >= 0.6 is 15.9 Å². The van der Waals surface area contributed by atoms with Crippen LogP contribution in [0.4, 0.5) is 8.78 Å². The van der Waals surface area contributed by atoms with E-state index in [4.69, 9.17) is 4.74 Å². The molecule has 0 spiro atoms. The smallest absolute Gasteiger partial charge is 0.143 e. The summed E-state index contributed by atoms with van der Waals surface area (Å²) in [6.45, 7) is 1.87. The maximum absolute atomic E-state index is 14.0. The summed E-state index contributed by atoms with van der Waals surface area (Å²) in [6, 6.07) is 7.78. The highest BCUT2D eigenvalue weighted by Gasteiger charge is 2.20. The molecule has 0 bridgehead atoms. The fourth-order valence-corrected chi connectivity index (χ4v) is 2.55. The van der Waals surface area contributed by atoms with E-state index in [2.05, 4.69) is 15.9 Å². The first-order valence-corrected chi connectivity index (χ1v) is 7.18. The molecule has 1 atom stereocenters. The number of benzene rings is 2. The molecule has 0 aliphatic heterocycles. The van der Waals surface area contributed by atoms with Crippen molar-refractivity contribution in [2.24, 2.45) is 0 Å². The molecule has 0 radical (unpaired) electrons. The second kappa shape index (κ2) is 6.54. The van der Waals surface area contributed by atoms with Crippen molar-refractivity contribution in [3.8, 4) is 5.75 Å². The van der Waals surface area contributed by atoms with E-state index in [-0.39, 0.29) is 16.5 Å². The topological polar surface area (TPSA) is 29.5 Å². The first-order valence-electron chi connectivity index (χ1n) is 6.39. The molecule has 0 aliphatic carbocycles. The van der Waals surface area contributed by atoms with Crippen molar-refractivity contribution in [2.45, 2.75) is 19.4 Å². The molecule has 0 heterocycles. The quantitative estimate of drug-likeness (QED) is 0.826. The predicted octanol–water partition coefficient (Wildman–Crippen LogP) is 4.32. The number of hydrogen-bond acceptors (Lipinski definition) is 2. The van der Waals surface area contributed by atoms with Gasteiger partial charge >= 0.3 is 0 Å². The third kappa shape index (κ3) is 3.41. The third-order valence-electron chi connectivity index (χ3n) is 3.28. The molecule has 2 aromatic rings. The van der Waals surface area contributed by atoms with Gasteiger partial charge in [0, 0.05) is 17.5 Å². The van der Waals surface area contributed by atoms with Crippen LogP contribution in [-0.4, -0.2) is 12.2 Å². The highest BCUT2D eigenvalue weighted by molar-refractivity contribution is 9.10. The normalized spacial score (nSPS) is 12.3. The minimum absolute atomic E-state index is 0.152. The molecule has 2 aromatic carbocycles. The summed E-state index contributed by atoms with van der Waals surface area (Å²) in [5.74, 6) is -0.883. The minimum atomic E-state index is -1.06. The molecule has 2 rings (SSSR count). The van der Waals surface area contributed by atoms with Crippen molar-refractivity contribution in [3.05, 3.63) is 63.1 Å². The van der Waals surface area contributed by atoms with Crippen molar-refractivity contribution >= 4 is 15.9 Å². The molecule has 1 N–H and O–H groups in total. The Balaban J connectivity index is 2.37. The molecule has 5 heteroatoms. The Labute approximate surface area is 130 Å². The SMILES string of the molecule is COc1ccc(C)cc1C(O)Cc1c(F)ccc(Br)c1F. The number of rotatable bonds is 4. The highest BCUT2D eigenvalue weighted by atomic mass is 79.9. The van der Waals surface area contributed by atoms with Crippen LogP contribution in [0.1, 0.15) is 22.8 Å². The zero-order chi connectivity index (χ0) is 15.6. The van der Waals surface area contributed by atoms with Gasteiger partial charge in [0.1, 0.15) is 17.4 Å². The summed E-state index contributed by atoms with van der Waals surface area (Å²) in [5, 5.41) is 10.3. The van der Waals surface area contributed by atoms with Gasteiger partial charge in [-0.3, -0.25) is 0 Å². The second-order valence-corrected chi connectivity index (χ2v) is 5.64. The van der Waals surface area contributed by atoms with Crippen LogP contribution in [0.25, 0.3) is 0 Å². The first kappa shape index (κ1) is 15.9. The lowest BCUT2D eigenvalue weighted by molar-refractivity contribution is 0.171. The largest absolute Gasteiger partial charge is 0.496 e. The number of ether oxygens (including phenoxy) is 1. The average Bonchev–Trinajstić information content (AvgIpc) is 2.47. The standard InChI is InChI=1S/C16H15BrF2O2/c1-9-3-6-15(21-2)11(7-9)14(20)8-10-13(18)5-4-12(17)16(10)19/h3-7,14,20H,8H2,1-2H3. The van der Waals surface area contributed by atoms with Gasteiger partial charge in [0.25, 0.3) is 0 Å². The Bertz CT molecular complexity index is 659. The summed E-state index contributed by atoms with van der Waals surface area (Å²) in [7, 11) is 1.49. The fourth-order valence-electron chi connectivity index (χ4n) is 2.17. The molecule has 0 amide bonds. The monoisotopic (exact) mass is 356 g/mol.